The van der Waals surface area contributed by atoms with Gasteiger partial charge in [-0.3, -0.25) is 10.1 Å². The number of carbonyl (C=O) groups excluding carboxylic acids is 1. The first-order chi connectivity index (χ1) is 11.6. The van der Waals surface area contributed by atoms with Crippen molar-refractivity contribution in [2.24, 2.45) is 0 Å². The molecule has 0 bridgehead atoms. The zero-order valence-electron chi connectivity index (χ0n) is 13.3. The molecule has 0 aliphatic heterocycles. The van der Waals surface area contributed by atoms with E-state index in [4.69, 9.17) is 0 Å². The van der Waals surface area contributed by atoms with Crippen LogP contribution in [0.3, 0.4) is 0 Å². The Morgan fingerprint density at radius 3 is 2.56 bits per heavy atom. The minimum atomic E-state index is -4.50. The molecule has 0 fully saturated rings. The molecule has 1 heterocycles. The lowest BCUT2D eigenvalue weighted by Gasteiger charge is -2.18. The Kier molecular flexibility index (Phi) is 5.46. The highest BCUT2D eigenvalue weighted by atomic mass is 32.1. The van der Waals surface area contributed by atoms with Crippen LogP contribution in [0.15, 0.2) is 30.3 Å². The fourth-order valence-electron chi connectivity index (χ4n) is 2.55. The maximum absolute atomic E-state index is 13.2. The van der Waals surface area contributed by atoms with Crippen LogP contribution in [0.1, 0.15) is 39.2 Å². The van der Waals surface area contributed by atoms with Gasteiger partial charge in [-0.1, -0.05) is 36.5 Å². The summed E-state index contributed by atoms with van der Waals surface area (Å²) in [6, 6.07) is 6.37. The third kappa shape index (κ3) is 4.16. The van der Waals surface area contributed by atoms with Crippen LogP contribution >= 0.6 is 11.3 Å². The number of alkyl halides is 3. The van der Waals surface area contributed by atoms with Crippen LogP contribution in [0.25, 0.3) is 0 Å². The van der Waals surface area contributed by atoms with Crippen molar-refractivity contribution >= 4 is 22.3 Å². The summed E-state index contributed by atoms with van der Waals surface area (Å²) >= 11 is 0.651. The maximum atomic E-state index is 13.2. The van der Waals surface area contributed by atoms with E-state index in [1.165, 1.54) is 24.3 Å². The monoisotopic (exact) mass is 373 g/mol. The molecule has 2 aromatic rings. The van der Waals surface area contributed by atoms with Gasteiger partial charge in [0.05, 0.1) is 17.6 Å². The molecule has 0 saturated carbocycles. The standard InChI is InChI=1S/C16H14F3NO4S/c1-9(11-5-3-4-6-12(11)16(17,18)19)7-10-8-13(20(22)23)25-14(10)15(21)24-2/h3-6,8-9H,7H2,1-2H3. The molecule has 2 rings (SSSR count). The number of halogens is 3. The van der Waals surface area contributed by atoms with Crippen LogP contribution < -0.4 is 0 Å². The Morgan fingerprint density at radius 1 is 1.36 bits per heavy atom. The predicted octanol–water partition coefficient (Wildman–Crippen LogP) is 4.81. The van der Waals surface area contributed by atoms with Crippen LogP contribution in [0.4, 0.5) is 18.2 Å². The van der Waals surface area contributed by atoms with Gasteiger partial charge in [0.15, 0.2) is 0 Å². The second kappa shape index (κ2) is 7.22. The molecular formula is C16H14F3NO4S. The van der Waals surface area contributed by atoms with Crippen LogP contribution in [0, 0.1) is 10.1 Å². The SMILES string of the molecule is COC(=O)c1sc([N+](=O)[O-])cc1CC(C)c1ccccc1C(F)(F)F. The number of benzene rings is 1. The zero-order valence-corrected chi connectivity index (χ0v) is 14.1. The highest BCUT2D eigenvalue weighted by Gasteiger charge is 2.34. The number of hydrogen-bond acceptors (Lipinski definition) is 5. The number of nitro groups is 1. The van der Waals surface area contributed by atoms with E-state index in [-0.39, 0.29) is 21.9 Å². The van der Waals surface area contributed by atoms with Crippen LogP contribution in [-0.4, -0.2) is 18.0 Å². The maximum Gasteiger partial charge on any atom is 0.416 e. The molecule has 0 amide bonds. The lowest BCUT2D eigenvalue weighted by molar-refractivity contribution is -0.380. The summed E-state index contributed by atoms with van der Waals surface area (Å²) in [5, 5.41) is 10.7. The van der Waals surface area contributed by atoms with Gasteiger partial charge in [0, 0.05) is 6.07 Å². The first-order valence-electron chi connectivity index (χ1n) is 7.16. The summed E-state index contributed by atoms with van der Waals surface area (Å²) in [6.45, 7) is 1.58. The summed E-state index contributed by atoms with van der Waals surface area (Å²) in [7, 11) is 1.14. The summed E-state index contributed by atoms with van der Waals surface area (Å²) in [4.78, 5) is 22.1. The molecule has 0 aliphatic carbocycles. The summed E-state index contributed by atoms with van der Waals surface area (Å²) < 4.78 is 44.1. The van der Waals surface area contributed by atoms with Gasteiger partial charge in [-0.05, 0) is 29.5 Å². The van der Waals surface area contributed by atoms with E-state index >= 15 is 0 Å². The predicted molar refractivity (Wildman–Crippen MR) is 85.9 cm³/mol. The van der Waals surface area contributed by atoms with E-state index in [9.17, 15) is 28.1 Å². The Balaban J connectivity index is 2.40. The fraction of sp³-hybridized carbons (Fsp3) is 0.312. The second-order valence-electron chi connectivity index (χ2n) is 5.38. The van der Waals surface area contributed by atoms with Gasteiger partial charge in [0.25, 0.3) is 0 Å². The van der Waals surface area contributed by atoms with Crippen molar-refractivity contribution in [3.05, 3.63) is 62.0 Å². The molecule has 25 heavy (non-hydrogen) atoms. The lowest BCUT2D eigenvalue weighted by atomic mass is 9.90. The Morgan fingerprint density at radius 2 is 2.00 bits per heavy atom. The van der Waals surface area contributed by atoms with E-state index in [1.807, 2.05) is 0 Å². The largest absolute Gasteiger partial charge is 0.465 e. The highest BCUT2D eigenvalue weighted by Crippen LogP contribution is 2.38. The number of thiophene rings is 1. The number of ether oxygens (including phenoxy) is 1. The van der Waals surface area contributed by atoms with E-state index < -0.39 is 28.6 Å². The average Bonchev–Trinajstić information content (AvgIpc) is 2.97. The topological polar surface area (TPSA) is 69.4 Å². The van der Waals surface area contributed by atoms with Crippen molar-refractivity contribution in [1.82, 2.24) is 0 Å². The van der Waals surface area contributed by atoms with Crippen LogP contribution in [0.2, 0.25) is 0 Å². The van der Waals surface area contributed by atoms with Crippen molar-refractivity contribution in [3.8, 4) is 0 Å². The van der Waals surface area contributed by atoms with E-state index in [2.05, 4.69) is 4.74 Å². The van der Waals surface area contributed by atoms with E-state index in [0.29, 0.717) is 16.9 Å². The van der Waals surface area contributed by atoms with E-state index in [1.54, 1.807) is 6.92 Å². The molecule has 0 radical (unpaired) electrons. The number of esters is 1. The van der Waals surface area contributed by atoms with Gasteiger partial charge in [0.2, 0.25) is 0 Å². The Labute approximate surface area is 145 Å². The van der Waals surface area contributed by atoms with Crippen molar-refractivity contribution in [2.75, 3.05) is 7.11 Å². The normalized spacial score (nSPS) is 12.7. The highest BCUT2D eigenvalue weighted by molar-refractivity contribution is 7.17. The Bertz CT molecular complexity index is 801. The van der Waals surface area contributed by atoms with Gasteiger partial charge in [-0.2, -0.15) is 13.2 Å². The van der Waals surface area contributed by atoms with E-state index in [0.717, 1.165) is 13.2 Å². The quantitative estimate of drug-likeness (QED) is 0.429. The zero-order chi connectivity index (χ0) is 18.8. The molecule has 0 aliphatic rings. The van der Waals surface area contributed by atoms with Gasteiger partial charge in [-0.15, -0.1) is 0 Å². The smallest absolute Gasteiger partial charge is 0.416 e. The molecule has 0 N–H and O–H groups in total. The molecule has 1 atom stereocenters. The van der Waals surface area contributed by atoms with Crippen LogP contribution in [0.5, 0.6) is 0 Å². The number of nitrogens with zero attached hydrogens (tertiary/aromatic N) is 1. The van der Waals surface area contributed by atoms with Gasteiger partial charge in [0.1, 0.15) is 4.88 Å². The first kappa shape index (κ1) is 18.9. The number of rotatable bonds is 5. The number of carbonyl (C=O) groups is 1. The third-order valence-electron chi connectivity index (χ3n) is 3.67. The second-order valence-corrected chi connectivity index (χ2v) is 6.41. The van der Waals surface area contributed by atoms with Crippen molar-refractivity contribution < 1.29 is 27.6 Å². The average molecular weight is 373 g/mol. The van der Waals surface area contributed by atoms with Gasteiger partial charge < -0.3 is 4.74 Å². The first-order valence-corrected chi connectivity index (χ1v) is 7.98. The summed E-state index contributed by atoms with van der Waals surface area (Å²) in [5.41, 5.74) is -0.389. The molecule has 9 heteroatoms. The number of methoxy groups -OCH3 is 1. The van der Waals surface area contributed by atoms with Gasteiger partial charge in [-0.25, -0.2) is 4.79 Å². The Hall–Kier alpha value is -2.42. The lowest BCUT2D eigenvalue weighted by Crippen LogP contribution is -2.12. The summed E-state index contributed by atoms with van der Waals surface area (Å²) in [5.74, 6) is -1.35. The van der Waals surface area contributed by atoms with Crippen LogP contribution in [-0.2, 0) is 17.3 Å². The molecular weight excluding hydrogens is 359 g/mol. The molecule has 134 valence electrons. The molecule has 1 aromatic carbocycles. The van der Waals surface area contributed by atoms with Crippen molar-refractivity contribution in [3.63, 3.8) is 0 Å². The minimum absolute atomic E-state index is 0.0329. The van der Waals surface area contributed by atoms with Crippen molar-refractivity contribution in [2.45, 2.75) is 25.4 Å². The fourth-order valence-corrected chi connectivity index (χ4v) is 3.47. The number of hydrogen-bond donors (Lipinski definition) is 0. The molecule has 0 spiro atoms. The molecule has 1 aromatic heterocycles. The van der Waals surface area contributed by atoms with Crippen molar-refractivity contribution in [1.29, 1.82) is 0 Å². The molecule has 5 nitrogen and oxygen atoms in total. The summed E-state index contributed by atoms with van der Waals surface area (Å²) in [6.07, 6.45) is -4.46. The third-order valence-corrected chi connectivity index (χ3v) is 4.78. The molecule has 1 unspecified atom stereocenters. The molecule has 0 saturated heterocycles. The minimum Gasteiger partial charge on any atom is -0.465 e. The van der Waals surface area contributed by atoms with Gasteiger partial charge >= 0.3 is 17.1 Å².